The molecule has 0 saturated carbocycles. The number of aromatic carboxylic acids is 1. The number of thiophene rings is 1. The molecule has 0 spiro atoms. The maximum atomic E-state index is 14.7. The van der Waals surface area contributed by atoms with Crippen molar-refractivity contribution in [1.29, 1.82) is 0 Å². The van der Waals surface area contributed by atoms with E-state index in [1.54, 1.807) is 24.5 Å². The van der Waals surface area contributed by atoms with Crippen molar-refractivity contribution in [2.45, 2.75) is 52.3 Å². The molecular formula is C32H27ClF2N6O4S. The molecule has 14 heteroatoms. The summed E-state index contributed by atoms with van der Waals surface area (Å²) in [6, 6.07) is 5.35. The number of hydrogen-bond donors (Lipinski definition) is 1. The molecule has 1 N–H and O–H groups in total. The summed E-state index contributed by atoms with van der Waals surface area (Å²) in [5, 5.41) is 10.3. The van der Waals surface area contributed by atoms with Gasteiger partial charge in [0.05, 0.1) is 35.3 Å². The van der Waals surface area contributed by atoms with Gasteiger partial charge in [-0.25, -0.2) is 19.7 Å². The van der Waals surface area contributed by atoms with Gasteiger partial charge in [-0.05, 0) is 49.8 Å². The van der Waals surface area contributed by atoms with Crippen LogP contribution in [-0.4, -0.2) is 40.1 Å². The SMILES string of the molecule is CCn1cncc1Cn1c(CC2CC=C(c3ncc(F)c(OCc4ccc(Cl)c5cc(F)oc45)n3)CC2)nc2sc(C(=O)O)cc21. The fraction of sp³-hybridized carbons (Fsp3) is 0.281. The lowest BCUT2D eigenvalue weighted by Gasteiger charge is -2.22. The average molecular weight is 665 g/mol. The van der Waals surface area contributed by atoms with E-state index in [0.717, 1.165) is 48.2 Å². The summed E-state index contributed by atoms with van der Waals surface area (Å²) in [6.45, 7) is 3.25. The number of furan rings is 1. The number of allylic oxidation sites excluding steroid dienone is 2. The number of halogens is 3. The lowest BCUT2D eigenvalue weighted by molar-refractivity contribution is 0.0702. The van der Waals surface area contributed by atoms with E-state index >= 15 is 0 Å². The van der Waals surface area contributed by atoms with Crippen LogP contribution in [0.25, 0.3) is 26.9 Å². The number of fused-ring (bicyclic) bond motifs is 2. The van der Waals surface area contributed by atoms with E-state index in [9.17, 15) is 18.7 Å². The van der Waals surface area contributed by atoms with Crippen LogP contribution < -0.4 is 4.74 Å². The molecule has 0 bridgehead atoms. The molecule has 1 aliphatic carbocycles. The van der Waals surface area contributed by atoms with E-state index in [-0.39, 0.29) is 28.9 Å². The van der Waals surface area contributed by atoms with Crippen LogP contribution in [0.15, 0.2) is 53.5 Å². The number of hydrogen-bond acceptors (Lipinski definition) is 8. The van der Waals surface area contributed by atoms with Crippen molar-refractivity contribution in [3.05, 3.63) is 93.7 Å². The Morgan fingerprint density at radius 2 is 2.11 bits per heavy atom. The van der Waals surface area contributed by atoms with Gasteiger partial charge in [-0.3, -0.25) is 0 Å². The molecule has 7 rings (SSSR count). The molecule has 1 atom stereocenters. The van der Waals surface area contributed by atoms with E-state index in [1.165, 1.54) is 17.4 Å². The van der Waals surface area contributed by atoms with E-state index in [0.29, 0.717) is 46.0 Å². The van der Waals surface area contributed by atoms with Crippen molar-refractivity contribution in [3.8, 4) is 5.88 Å². The Bertz CT molecular complexity index is 2130. The quantitative estimate of drug-likeness (QED) is 0.160. The van der Waals surface area contributed by atoms with Crippen molar-refractivity contribution in [2.75, 3.05) is 0 Å². The Morgan fingerprint density at radius 3 is 2.89 bits per heavy atom. The topological polar surface area (TPSA) is 121 Å². The smallest absolute Gasteiger partial charge is 0.346 e. The summed E-state index contributed by atoms with van der Waals surface area (Å²) in [7, 11) is 0. The van der Waals surface area contributed by atoms with Gasteiger partial charge in [-0.2, -0.15) is 13.8 Å². The van der Waals surface area contributed by atoms with Crippen LogP contribution >= 0.6 is 22.9 Å². The average Bonchev–Trinajstić information content (AvgIpc) is 3.83. The zero-order chi connectivity index (χ0) is 31.9. The lowest BCUT2D eigenvalue weighted by Crippen LogP contribution is -2.15. The number of ether oxygens (including phenoxy) is 1. The summed E-state index contributed by atoms with van der Waals surface area (Å²) in [6.07, 6.45) is 9.74. The molecule has 5 aromatic heterocycles. The summed E-state index contributed by atoms with van der Waals surface area (Å²) < 4.78 is 43.4. The standard InChI is InChI=1S/C32H27ClF2N6O4S/c1-2-40-16-36-12-20(40)14-41-24-11-25(32(42)43)46-31(24)38-27(41)9-17-3-5-18(6-4-17)29-37-13-23(34)30(39-29)44-15-19-7-8-22(33)21-10-26(35)45-28(19)21/h5,7-8,10-13,16-17H,2-4,6,9,14-15H2,1H3,(H,42,43). The Morgan fingerprint density at radius 1 is 1.24 bits per heavy atom. The van der Waals surface area contributed by atoms with Crippen molar-refractivity contribution in [1.82, 2.24) is 29.1 Å². The first kappa shape index (κ1) is 30.1. The van der Waals surface area contributed by atoms with Gasteiger partial charge in [0.2, 0.25) is 5.82 Å². The summed E-state index contributed by atoms with van der Waals surface area (Å²) in [4.78, 5) is 30.3. The number of nitrogens with zero attached hydrogens (tertiary/aromatic N) is 6. The van der Waals surface area contributed by atoms with Crippen LogP contribution in [-0.2, 0) is 26.1 Å². The number of aryl methyl sites for hydroxylation is 1. The largest absolute Gasteiger partial charge is 0.477 e. The molecule has 0 aliphatic heterocycles. The fourth-order valence-electron chi connectivity index (χ4n) is 5.84. The molecule has 1 aromatic carbocycles. The third-order valence-electron chi connectivity index (χ3n) is 8.23. The normalized spacial score (nSPS) is 15.1. The maximum Gasteiger partial charge on any atom is 0.346 e. The molecule has 46 heavy (non-hydrogen) atoms. The number of carboxylic acids is 1. The minimum absolute atomic E-state index is 0.105. The molecule has 236 valence electrons. The van der Waals surface area contributed by atoms with Crippen LogP contribution in [0.2, 0.25) is 5.02 Å². The lowest BCUT2D eigenvalue weighted by atomic mass is 9.87. The molecular weight excluding hydrogens is 638 g/mol. The van der Waals surface area contributed by atoms with E-state index in [1.807, 2.05) is 6.20 Å². The predicted octanol–water partition coefficient (Wildman–Crippen LogP) is 7.53. The fourth-order valence-corrected chi connectivity index (χ4v) is 6.94. The van der Waals surface area contributed by atoms with Gasteiger partial charge < -0.3 is 23.4 Å². The molecule has 0 radical (unpaired) electrons. The minimum Gasteiger partial charge on any atom is -0.477 e. The van der Waals surface area contributed by atoms with Gasteiger partial charge in [-0.1, -0.05) is 23.7 Å². The third kappa shape index (κ3) is 5.76. The van der Waals surface area contributed by atoms with Gasteiger partial charge in [0, 0.05) is 36.2 Å². The van der Waals surface area contributed by atoms with Gasteiger partial charge in [-0.15, -0.1) is 11.3 Å². The molecule has 6 aromatic rings. The Kier molecular flexibility index (Phi) is 8.03. The summed E-state index contributed by atoms with van der Waals surface area (Å²) in [5.74, 6) is -0.326. The molecule has 1 unspecified atom stereocenters. The number of benzene rings is 1. The Balaban J connectivity index is 1.08. The summed E-state index contributed by atoms with van der Waals surface area (Å²) in [5.41, 5.74) is 3.45. The van der Waals surface area contributed by atoms with E-state index < -0.39 is 17.8 Å². The zero-order valence-corrected chi connectivity index (χ0v) is 26.1. The van der Waals surface area contributed by atoms with Crippen molar-refractivity contribution in [2.24, 2.45) is 5.92 Å². The number of carbonyl (C=O) groups is 1. The van der Waals surface area contributed by atoms with Gasteiger partial charge in [0.25, 0.3) is 11.9 Å². The van der Waals surface area contributed by atoms with Crippen molar-refractivity contribution < 1.29 is 27.8 Å². The van der Waals surface area contributed by atoms with Crippen LogP contribution in [0.5, 0.6) is 5.88 Å². The van der Waals surface area contributed by atoms with E-state index in [2.05, 4.69) is 37.1 Å². The molecule has 0 amide bonds. The van der Waals surface area contributed by atoms with Gasteiger partial charge in [0.15, 0.2) is 5.82 Å². The van der Waals surface area contributed by atoms with Crippen LogP contribution in [0.3, 0.4) is 0 Å². The van der Waals surface area contributed by atoms with Crippen molar-refractivity contribution in [3.63, 3.8) is 0 Å². The van der Waals surface area contributed by atoms with Crippen molar-refractivity contribution >= 4 is 55.8 Å². The highest BCUT2D eigenvalue weighted by Crippen LogP contribution is 2.34. The number of imidazole rings is 2. The number of rotatable bonds is 10. The molecule has 10 nitrogen and oxygen atoms in total. The third-order valence-corrected chi connectivity index (χ3v) is 9.57. The molecule has 0 fully saturated rings. The van der Waals surface area contributed by atoms with Gasteiger partial charge in [0.1, 0.15) is 27.7 Å². The van der Waals surface area contributed by atoms with Gasteiger partial charge >= 0.3 is 5.97 Å². The van der Waals surface area contributed by atoms with Crippen LogP contribution in [0.4, 0.5) is 8.78 Å². The van der Waals surface area contributed by atoms with Crippen LogP contribution in [0.1, 0.15) is 58.8 Å². The number of aromatic nitrogens is 6. The van der Waals surface area contributed by atoms with Crippen LogP contribution in [0, 0.1) is 17.7 Å². The highest BCUT2D eigenvalue weighted by molar-refractivity contribution is 7.20. The highest BCUT2D eigenvalue weighted by Gasteiger charge is 2.24. The summed E-state index contributed by atoms with van der Waals surface area (Å²) >= 11 is 7.32. The molecule has 5 heterocycles. The van der Waals surface area contributed by atoms with E-state index in [4.69, 9.17) is 25.7 Å². The molecule has 1 aliphatic rings. The second-order valence-electron chi connectivity index (χ2n) is 11.1. The minimum atomic E-state index is -0.966. The first-order chi connectivity index (χ1) is 22.3. The highest BCUT2D eigenvalue weighted by atomic mass is 35.5. The molecule has 0 saturated heterocycles. The second-order valence-corrected chi connectivity index (χ2v) is 12.5. The zero-order valence-electron chi connectivity index (χ0n) is 24.5. The maximum absolute atomic E-state index is 14.7. The Hall–Kier alpha value is -4.62. The number of carboxylic acid groups (broad SMARTS) is 1. The predicted molar refractivity (Wildman–Crippen MR) is 168 cm³/mol. The first-order valence-corrected chi connectivity index (χ1v) is 15.9. The first-order valence-electron chi connectivity index (χ1n) is 14.7. The monoisotopic (exact) mass is 664 g/mol. The Labute approximate surface area is 270 Å². The second kappa shape index (κ2) is 12.3.